The third-order valence-corrected chi connectivity index (χ3v) is 10.0. The molecule has 1 aromatic heterocycles. The van der Waals surface area contributed by atoms with Crippen LogP contribution in [0.15, 0.2) is 90.6 Å². The van der Waals surface area contributed by atoms with Crippen LogP contribution in [-0.2, 0) is 11.2 Å². The number of nitrogens with zero attached hydrogens (tertiary/aromatic N) is 3. The second-order valence-corrected chi connectivity index (χ2v) is 13.4. The van der Waals surface area contributed by atoms with Crippen LogP contribution in [0.1, 0.15) is 123 Å². The number of benzene rings is 2. The van der Waals surface area contributed by atoms with E-state index in [1.54, 1.807) is 30.4 Å². The van der Waals surface area contributed by atoms with Crippen molar-refractivity contribution in [2.75, 3.05) is 13.1 Å². The zero-order valence-corrected chi connectivity index (χ0v) is 32.2. The molecule has 2 atom stereocenters. The molecule has 0 spiro atoms. The van der Waals surface area contributed by atoms with Crippen LogP contribution < -0.4 is 0 Å². The van der Waals surface area contributed by atoms with E-state index in [1.165, 1.54) is 121 Å². The molecule has 1 saturated heterocycles. The van der Waals surface area contributed by atoms with Gasteiger partial charge in [-0.25, -0.2) is 9.02 Å². The molecule has 1 aliphatic heterocycles. The minimum absolute atomic E-state index is 0.178. The van der Waals surface area contributed by atoms with Gasteiger partial charge in [0.25, 0.3) is 6.47 Å². The molecule has 6 rings (SSSR count). The lowest BCUT2D eigenvalue weighted by atomic mass is 9.84. The van der Waals surface area contributed by atoms with Crippen LogP contribution in [0, 0.1) is 23.6 Å². The number of halogens is 1. The topological polar surface area (TPSA) is 79.5 Å². The lowest BCUT2D eigenvalue weighted by Crippen LogP contribution is -2.37. The molecule has 2 heterocycles. The molecule has 2 unspecified atom stereocenters. The first-order chi connectivity index (χ1) is 24.9. The van der Waals surface area contributed by atoms with Gasteiger partial charge in [0.05, 0.1) is 0 Å². The smallest absolute Gasteiger partial charge is 0.290 e. The van der Waals surface area contributed by atoms with E-state index < -0.39 is 0 Å². The molecule has 284 valence electrons. The second-order valence-electron chi connectivity index (χ2n) is 13.4. The Balaban J connectivity index is 0.000000353. The highest BCUT2D eigenvalue weighted by atomic mass is 19.1. The summed E-state index contributed by atoms with van der Waals surface area (Å²) in [7, 11) is 0. The van der Waals surface area contributed by atoms with Gasteiger partial charge in [0.2, 0.25) is 0 Å². The van der Waals surface area contributed by atoms with Crippen molar-refractivity contribution in [3.05, 3.63) is 97.4 Å². The van der Waals surface area contributed by atoms with E-state index >= 15 is 0 Å². The van der Waals surface area contributed by atoms with Crippen molar-refractivity contribution >= 4 is 17.5 Å². The molecule has 3 aliphatic rings. The molecular weight excluding hydrogens is 638 g/mol. The fourth-order valence-corrected chi connectivity index (χ4v) is 7.11. The van der Waals surface area contributed by atoms with Crippen LogP contribution in [0.2, 0.25) is 0 Å². The van der Waals surface area contributed by atoms with Gasteiger partial charge in [-0.05, 0) is 103 Å². The molecule has 2 saturated carbocycles. The highest BCUT2D eigenvalue weighted by Gasteiger charge is 2.30. The van der Waals surface area contributed by atoms with E-state index in [0.717, 1.165) is 41.2 Å². The summed E-state index contributed by atoms with van der Waals surface area (Å²) >= 11 is 0. The summed E-state index contributed by atoms with van der Waals surface area (Å²) in [5.74, 6) is 2.81. The van der Waals surface area contributed by atoms with Gasteiger partial charge in [-0.3, -0.25) is 4.79 Å². The van der Waals surface area contributed by atoms with Gasteiger partial charge in [-0.2, -0.15) is 0 Å². The molecule has 0 radical (unpaired) electrons. The molecule has 2 aliphatic carbocycles. The van der Waals surface area contributed by atoms with Crippen molar-refractivity contribution in [2.45, 2.75) is 130 Å². The Bertz CT molecular complexity index is 1290. The summed E-state index contributed by atoms with van der Waals surface area (Å²) in [5.41, 5.74) is 3.09. The average Bonchev–Trinajstić information content (AvgIpc) is 3.87. The Hall–Kier alpha value is -3.58. The van der Waals surface area contributed by atoms with Crippen molar-refractivity contribution in [1.29, 1.82) is 0 Å². The van der Waals surface area contributed by atoms with E-state index in [-0.39, 0.29) is 12.3 Å². The van der Waals surface area contributed by atoms with Crippen molar-refractivity contribution < 1.29 is 18.9 Å². The second kappa shape index (κ2) is 30.1. The Morgan fingerprint density at radius 1 is 0.882 bits per heavy atom. The quantitative estimate of drug-likeness (QED) is 0.176. The molecule has 0 bridgehead atoms. The highest BCUT2D eigenvalue weighted by Crippen LogP contribution is 2.32. The van der Waals surface area contributed by atoms with Crippen molar-refractivity contribution in [3.63, 3.8) is 0 Å². The maximum Gasteiger partial charge on any atom is 0.290 e. The Morgan fingerprint density at radius 2 is 1.47 bits per heavy atom. The van der Waals surface area contributed by atoms with Crippen LogP contribution >= 0.6 is 0 Å². The van der Waals surface area contributed by atoms with Crippen molar-refractivity contribution in [3.8, 4) is 0 Å². The van der Waals surface area contributed by atoms with E-state index in [2.05, 4.69) is 54.4 Å². The first-order valence-electron chi connectivity index (χ1n) is 19.6. The summed E-state index contributed by atoms with van der Waals surface area (Å²) in [5, 5.41) is 14.6. The maximum atomic E-state index is 11.9. The minimum atomic E-state index is -0.250. The molecule has 51 heavy (non-hydrogen) atoms. The number of aryl methyl sites for hydroxylation is 1. The van der Waals surface area contributed by atoms with Crippen LogP contribution in [0.5, 0.6) is 0 Å². The predicted octanol–water partition coefficient (Wildman–Crippen LogP) is 12.3. The summed E-state index contributed by atoms with van der Waals surface area (Å²) in [6.07, 6.45) is 28.4. The molecule has 2 aromatic carbocycles. The molecule has 6 nitrogen and oxygen atoms in total. The molecule has 3 aromatic rings. The number of aromatic nitrogens is 2. The highest BCUT2D eigenvalue weighted by molar-refractivity contribution is 5.73. The number of rotatable bonds is 9. The Morgan fingerprint density at radius 3 is 2.00 bits per heavy atom. The van der Waals surface area contributed by atoms with Crippen LogP contribution in [0.3, 0.4) is 0 Å². The molecule has 1 N–H and O–H groups in total. The summed E-state index contributed by atoms with van der Waals surface area (Å²) in [6.45, 7) is 18.3. The number of allylic oxidation sites excluding steroid dienone is 4. The maximum absolute atomic E-state index is 11.9. The lowest BCUT2D eigenvalue weighted by Gasteiger charge is -2.34. The number of carbonyl (C=O) groups is 1. The summed E-state index contributed by atoms with van der Waals surface area (Å²) in [6, 6.07) is 15.1. The first-order valence-corrected chi connectivity index (χ1v) is 19.6. The number of hydrogen-bond donors (Lipinski definition) is 1. The van der Waals surface area contributed by atoms with Crippen molar-refractivity contribution in [1.82, 2.24) is 15.2 Å². The fourth-order valence-electron chi connectivity index (χ4n) is 7.11. The third-order valence-electron chi connectivity index (χ3n) is 10.0. The number of likely N-dealkylation sites (tertiary alicyclic amines) is 1. The van der Waals surface area contributed by atoms with Crippen molar-refractivity contribution in [2.24, 2.45) is 17.8 Å². The third kappa shape index (κ3) is 20.2. The van der Waals surface area contributed by atoms with Gasteiger partial charge in [0, 0.05) is 12.6 Å². The fraction of sp³-hybridized carbons (Fsp3) is 0.568. The van der Waals surface area contributed by atoms with Gasteiger partial charge in [0.15, 0.2) is 0 Å². The van der Waals surface area contributed by atoms with Crippen LogP contribution in [0.4, 0.5) is 4.39 Å². The van der Waals surface area contributed by atoms with E-state index in [0.29, 0.717) is 0 Å². The SMILES string of the molecule is C=C/C=C\C=C.CC.CCC1CCN(C(C)C2CCCCC2)C1.Fc1ccccc1.O=CO.c1cc2nonc2cc1CCCC1CCCCC1. The number of carboxylic acid groups (broad SMARTS) is 1. The number of hydrogen-bond acceptors (Lipinski definition) is 5. The first kappa shape index (κ1) is 45.4. The number of fused-ring (bicyclic) bond motifs is 1. The summed E-state index contributed by atoms with van der Waals surface area (Å²) < 4.78 is 16.6. The monoisotopic (exact) mass is 706 g/mol. The van der Waals surface area contributed by atoms with E-state index in [9.17, 15) is 4.39 Å². The zero-order chi connectivity index (χ0) is 37.5. The van der Waals surface area contributed by atoms with Gasteiger partial charge in [0.1, 0.15) is 16.9 Å². The normalized spacial score (nSPS) is 18.1. The summed E-state index contributed by atoms with van der Waals surface area (Å²) in [4.78, 5) is 11.1. The molecule has 3 fully saturated rings. The largest absolute Gasteiger partial charge is 0.483 e. The predicted molar refractivity (Wildman–Crippen MR) is 213 cm³/mol. The van der Waals surface area contributed by atoms with E-state index in [4.69, 9.17) is 14.5 Å². The molecular formula is C44H68FN3O3. The lowest BCUT2D eigenvalue weighted by molar-refractivity contribution is -0.122. The molecule has 0 amide bonds. The average molecular weight is 706 g/mol. The standard InChI is InChI=1S/C15H20N2O.C14H27N.C6H5F.C6H8.C2H6.CH2O2/c1-2-5-12(6-3-1)7-4-8-13-9-10-14-15(11-13)17-18-16-14;1-3-13-9-10-15(11-13)12(2)14-7-5-4-6-8-14;7-6-4-2-1-3-5-6;1-3-5-6-4-2;1-2;2-1-3/h9-12H,1-8H2;12-14H,3-11H2,1-2H3;1-5H;3-6H,1-2H2;1-2H3;1H,(H,2,3)/b;;;6-5-;;. The Labute approximate surface area is 309 Å². The zero-order valence-electron chi connectivity index (χ0n) is 32.2. The van der Waals surface area contributed by atoms with Gasteiger partial charge in [-0.15, -0.1) is 0 Å². The van der Waals surface area contributed by atoms with Crippen LogP contribution in [0.25, 0.3) is 11.0 Å². The van der Waals surface area contributed by atoms with E-state index in [1.807, 2.05) is 32.1 Å². The minimum Gasteiger partial charge on any atom is -0.483 e. The van der Waals surface area contributed by atoms with Gasteiger partial charge >= 0.3 is 0 Å². The van der Waals surface area contributed by atoms with Gasteiger partial charge < -0.3 is 10.0 Å². The van der Waals surface area contributed by atoms with Crippen LogP contribution in [-0.4, -0.2) is 45.9 Å². The Kier molecular flexibility index (Phi) is 26.8. The molecule has 7 heteroatoms. The van der Waals surface area contributed by atoms with Gasteiger partial charge in [-0.1, -0.05) is 147 Å².